The van der Waals surface area contributed by atoms with Gasteiger partial charge in [-0.15, -0.1) is 0 Å². The van der Waals surface area contributed by atoms with E-state index < -0.39 is 36.2 Å². The van der Waals surface area contributed by atoms with Crippen LogP contribution in [0.1, 0.15) is 86.0 Å². The van der Waals surface area contributed by atoms with Crippen LogP contribution in [0.4, 0.5) is 0 Å². The zero-order valence-corrected chi connectivity index (χ0v) is 23.8. The Labute approximate surface area is 227 Å². The quantitative estimate of drug-likeness (QED) is 0.396. The Morgan fingerprint density at radius 2 is 1.68 bits per heavy atom. The van der Waals surface area contributed by atoms with E-state index in [-0.39, 0.29) is 36.6 Å². The van der Waals surface area contributed by atoms with E-state index in [2.05, 4.69) is 19.2 Å². The first-order valence-electron chi connectivity index (χ1n) is 14.3. The van der Waals surface area contributed by atoms with Gasteiger partial charge in [0.15, 0.2) is 0 Å². The first-order valence-corrected chi connectivity index (χ1v) is 14.3. The maximum Gasteiger partial charge on any atom is 0.308 e. The van der Waals surface area contributed by atoms with E-state index in [1.165, 1.54) is 6.92 Å². The Bertz CT molecular complexity index is 854. The molecule has 4 N–H and O–H groups in total. The van der Waals surface area contributed by atoms with Crippen molar-refractivity contribution in [1.82, 2.24) is 5.32 Å². The van der Waals surface area contributed by atoms with Gasteiger partial charge in [-0.2, -0.15) is 0 Å². The Morgan fingerprint density at radius 3 is 2.32 bits per heavy atom. The van der Waals surface area contributed by atoms with Gasteiger partial charge >= 0.3 is 11.9 Å². The van der Waals surface area contributed by atoms with Crippen molar-refractivity contribution in [2.45, 2.75) is 104 Å². The molecule has 1 heterocycles. The molecule has 0 unspecified atom stereocenters. The van der Waals surface area contributed by atoms with E-state index in [1.807, 2.05) is 19.9 Å². The highest BCUT2D eigenvalue weighted by Gasteiger charge is 2.39. The lowest BCUT2D eigenvalue weighted by Crippen LogP contribution is -2.34. The highest BCUT2D eigenvalue weighted by atomic mass is 16.5. The molecule has 0 aromatic heterocycles. The maximum atomic E-state index is 12.9. The van der Waals surface area contributed by atoms with Crippen LogP contribution in [0.5, 0.6) is 0 Å². The molecule has 9 atom stereocenters. The molecule has 2 rings (SSSR count). The smallest absolute Gasteiger partial charge is 0.308 e. The number of allylic oxidation sites excluding steroid dienone is 2. The lowest BCUT2D eigenvalue weighted by atomic mass is 9.82. The van der Waals surface area contributed by atoms with Gasteiger partial charge in [0.2, 0.25) is 5.91 Å². The number of cyclic esters (lactones) is 1. The number of esters is 1. The van der Waals surface area contributed by atoms with Crippen molar-refractivity contribution in [3.63, 3.8) is 0 Å². The van der Waals surface area contributed by atoms with Gasteiger partial charge in [-0.1, -0.05) is 52.3 Å². The molecule has 38 heavy (non-hydrogen) atoms. The maximum absolute atomic E-state index is 12.9. The summed E-state index contributed by atoms with van der Waals surface area (Å²) in [6, 6.07) is 0. The second kappa shape index (κ2) is 15.4. The minimum atomic E-state index is -0.876. The summed E-state index contributed by atoms with van der Waals surface area (Å²) >= 11 is 0. The van der Waals surface area contributed by atoms with Crippen molar-refractivity contribution >= 4 is 17.8 Å². The third-order valence-electron chi connectivity index (χ3n) is 8.31. The summed E-state index contributed by atoms with van der Waals surface area (Å²) in [5.74, 6) is -1.85. The molecule has 0 aromatic carbocycles. The number of amides is 1. The van der Waals surface area contributed by atoms with E-state index in [4.69, 9.17) is 4.74 Å². The van der Waals surface area contributed by atoms with Crippen molar-refractivity contribution in [3.05, 3.63) is 23.8 Å². The summed E-state index contributed by atoms with van der Waals surface area (Å²) < 4.78 is 5.83. The normalized spacial score (nSPS) is 36.4. The van der Waals surface area contributed by atoms with Crippen LogP contribution < -0.4 is 5.32 Å². The molecule has 0 bridgehead atoms. The summed E-state index contributed by atoms with van der Waals surface area (Å²) in [5.41, 5.74) is 0.694. The van der Waals surface area contributed by atoms with Crippen LogP contribution in [0, 0.1) is 35.5 Å². The Kier molecular flexibility index (Phi) is 13.0. The van der Waals surface area contributed by atoms with Gasteiger partial charge in [0.05, 0.1) is 24.5 Å². The molecule has 1 aliphatic carbocycles. The van der Waals surface area contributed by atoms with Crippen LogP contribution in [0.3, 0.4) is 0 Å². The Morgan fingerprint density at radius 1 is 1.03 bits per heavy atom. The molecule has 216 valence electrons. The molecule has 0 radical (unpaired) electrons. The molecule has 1 aliphatic heterocycles. The van der Waals surface area contributed by atoms with Gasteiger partial charge < -0.3 is 25.4 Å². The first-order chi connectivity index (χ1) is 17.9. The van der Waals surface area contributed by atoms with Crippen LogP contribution in [0.25, 0.3) is 0 Å². The second-order valence-corrected chi connectivity index (χ2v) is 12.0. The average molecular weight is 536 g/mol. The van der Waals surface area contributed by atoms with Crippen LogP contribution in [-0.4, -0.2) is 58.0 Å². The second-order valence-electron chi connectivity index (χ2n) is 12.0. The van der Waals surface area contributed by atoms with Gasteiger partial charge in [0.1, 0.15) is 6.10 Å². The highest BCUT2D eigenvalue weighted by molar-refractivity contribution is 5.73. The van der Waals surface area contributed by atoms with Crippen LogP contribution in [-0.2, 0) is 19.1 Å². The Balaban J connectivity index is 2.35. The monoisotopic (exact) mass is 535 g/mol. The molecule has 0 spiro atoms. The van der Waals surface area contributed by atoms with Crippen LogP contribution in [0.2, 0.25) is 0 Å². The predicted octanol–water partition coefficient (Wildman–Crippen LogP) is 4.25. The summed E-state index contributed by atoms with van der Waals surface area (Å²) in [7, 11) is 0. The SMILES string of the molecule is CC(=O)NCC1=CC=CC[C@@H]([C@@H]2CCC[C@H]2C(=O)O)OC(=O)C[C@H](O)[C@@H](C)C[C@@H](C)C[C@@H](C)C[C@H](C)[C@@H]1O. The lowest BCUT2D eigenvalue weighted by Gasteiger charge is -2.29. The Hall–Kier alpha value is -2.19. The number of carbonyl (C=O) groups is 3. The third kappa shape index (κ3) is 10.2. The number of carboxylic acid groups (broad SMARTS) is 1. The van der Waals surface area contributed by atoms with Gasteiger partial charge in [-0.25, -0.2) is 0 Å². The largest absolute Gasteiger partial charge is 0.481 e. The van der Waals surface area contributed by atoms with Gasteiger partial charge in [0, 0.05) is 25.8 Å². The van der Waals surface area contributed by atoms with Crippen LogP contribution in [0.15, 0.2) is 23.8 Å². The molecule has 0 saturated heterocycles. The van der Waals surface area contributed by atoms with Crippen LogP contribution >= 0.6 is 0 Å². The number of ether oxygens (including phenoxy) is 1. The molecule has 1 saturated carbocycles. The van der Waals surface area contributed by atoms with E-state index in [0.29, 0.717) is 36.7 Å². The summed E-state index contributed by atoms with van der Waals surface area (Å²) in [6.07, 6.45) is 7.94. The predicted molar refractivity (Wildman–Crippen MR) is 146 cm³/mol. The average Bonchev–Trinajstić information content (AvgIpc) is 3.31. The molecule has 8 nitrogen and oxygen atoms in total. The number of aliphatic hydroxyl groups excluding tert-OH is 2. The molecular weight excluding hydrogens is 486 g/mol. The third-order valence-corrected chi connectivity index (χ3v) is 8.31. The fraction of sp³-hybridized carbons (Fsp3) is 0.767. The molecule has 0 aromatic rings. The minimum absolute atomic E-state index is 0.0176. The molecule has 1 amide bonds. The van der Waals surface area contributed by atoms with Crippen molar-refractivity contribution in [1.29, 1.82) is 0 Å². The number of rotatable bonds is 4. The molecular formula is C30H49NO7. The number of carboxylic acids is 1. The van der Waals surface area contributed by atoms with E-state index in [0.717, 1.165) is 25.7 Å². The zero-order valence-electron chi connectivity index (χ0n) is 23.8. The summed E-state index contributed by atoms with van der Waals surface area (Å²) in [5, 5.41) is 34.4. The van der Waals surface area contributed by atoms with Crippen molar-refractivity contribution in [2.24, 2.45) is 35.5 Å². The van der Waals surface area contributed by atoms with E-state index in [9.17, 15) is 29.7 Å². The lowest BCUT2D eigenvalue weighted by molar-refractivity contribution is -0.159. The standard InChI is InChI=1S/C30H49NO7/c1-18-13-19(2)15-21(4)29(35)23(17-31-22(5)32)9-6-7-12-27(24-10-8-11-25(24)30(36)37)38-28(34)16-26(33)20(3)14-18/h6-7,9,18-21,24-27,29,33,35H,8,10-17H2,1-5H3,(H,31,32)(H,36,37)/t18-,19+,20-,21-,24+,25+,26-,27-,29-/m0/s1. The molecule has 1 fully saturated rings. The minimum Gasteiger partial charge on any atom is -0.481 e. The molecule has 8 heteroatoms. The topological polar surface area (TPSA) is 133 Å². The number of hydrogen-bond acceptors (Lipinski definition) is 6. The fourth-order valence-corrected chi connectivity index (χ4v) is 6.33. The van der Waals surface area contributed by atoms with Gasteiger partial charge in [-0.3, -0.25) is 14.4 Å². The fourth-order valence-electron chi connectivity index (χ4n) is 6.33. The van der Waals surface area contributed by atoms with E-state index >= 15 is 0 Å². The molecule has 2 aliphatic rings. The van der Waals surface area contributed by atoms with E-state index in [1.54, 1.807) is 12.2 Å². The van der Waals surface area contributed by atoms with Gasteiger partial charge in [0.25, 0.3) is 0 Å². The number of nitrogens with one attached hydrogen (secondary N) is 1. The number of hydrogen-bond donors (Lipinski definition) is 4. The zero-order chi connectivity index (χ0) is 28.4. The number of aliphatic hydroxyl groups is 2. The van der Waals surface area contributed by atoms with Crippen molar-refractivity contribution in [2.75, 3.05) is 6.54 Å². The van der Waals surface area contributed by atoms with Crippen molar-refractivity contribution < 1.29 is 34.4 Å². The van der Waals surface area contributed by atoms with Gasteiger partial charge in [-0.05, 0) is 61.3 Å². The first kappa shape index (κ1) is 32.0. The number of carbonyl (C=O) groups excluding carboxylic acids is 2. The highest BCUT2D eigenvalue weighted by Crippen LogP contribution is 2.37. The number of aliphatic carboxylic acids is 1. The van der Waals surface area contributed by atoms with Crippen molar-refractivity contribution in [3.8, 4) is 0 Å². The summed E-state index contributed by atoms with van der Waals surface area (Å²) in [4.78, 5) is 36.3. The summed E-state index contributed by atoms with van der Waals surface area (Å²) in [6.45, 7) is 9.94.